The second-order valence-corrected chi connectivity index (χ2v) is 27.9. The predicted octanol–water partition coefficient (Wildman–Crippen LogP) is 13.6. The number of nitro groups is 2. The average molecular weight is 1340 g/mol. The number of aromatic nitrogens is 2. The molecule has 0 saturated heterocycles. The lowest BCUT2D eigenvalue weighted by Crippen LogP contribution is -2.40. The van der Waals surface area contributed by atoms with Gasteiger partial charge in [-0.1, -0.05) is 12.1 Å². The highest BCUT2D eigenvalue weighted by atomic mass is 35.5. The number of benzene rings is 6. The minimum atomic E-state index is -4.08. The topological polar surface area (TPSA) is 377 Å². The van der Waals surface area contributed by atoms with Gasteiger partial charge >= 0.3 is 23.6 Å². The Morgan fingerprint density at radius 3 is 1.29 bits per heavy atom. The van der Waals surface area contributed by atoms with Crippen molar-refractivity contribution in [2.45, 2.75) is 102 Å². The van der Waals surface area contributed by atoms with Crippen molar-refractivity contribution in [3.8, 4) is 53.5 Å². The number of nitrogen functional groups attached to an aromatic ring is 1. The van der Waals surface area contributed by atoms with Gasteiger partial charge in [0.1, 0.15) is 21.5 Å². The lowest BCUT2D eigenvalue weighted by atomic mass is 10.1. The van der Waals surface area contributed by atoms with E-state index in [1.807, 2.05) is 39.8 Å². The Morgan fingerprint density at radius 2 is 0.912 bits per heavy atom. The Labute approximate surface area is 537 Å². The van der Waals surface area contributed by atoms with Crippen molar-refractivity contribution >= 4 is 112 Å². The molecule has 0 aliphatic heterocycles. The number of nitrogens with one attached hydrogen (secondary N) is 7. The molecule has 5 amide bonds. The number of amides is 5. The van der Waals surface area contributed by atoms with Crippen LogP contribution in [0.4, 0.5) is 53.3 Å². The first-order chi connectivity index (χ1) is 42.5. The maximum Gasteiger partial charge on any atom is 0.417 e. The summed E-state index contributed by atoms with van der Waals surface area (Å²) in [6.45, 7) is 18.0. The van der Waals surface area contributed by atoms with Gasteiger partial charge in [0.25, 0.3) is 11.4 Å². The van der Waals surface area contributed by atoms with Crippen LogP contribution in [0.15, 0.2) is 156 Å². The van der Waals surface area contributed by atoms with Crippen LogP contribution in [-0.2, 0) is 20.0 Å². The molecule has 31 heteroatoms. The number of ether oxygens (including phenoxy) is 2. The van der Waals surface area contributed by atoms with Gasteiger partial charge in [-0.25, -0.2) is 55.4 Å². The first kappa shape index (κ1) is 70.7. The number of nitro benzene ring substituents is 2. The Hall–Kier alpha value is -9.43. The second-order valence-electron chi connectivity index (χ2n) is 22.3. The number of rotatable bonds is 17. The van der Waals surface area contributed by atoms with Crippen molar-refractivity contribution in [3.05, 3.63) is 166 Å². The Kier molecular flexibility index (Phi) is 23.6. The van der Waals surface area contributed by atoms with Gasteiger partial charge in [0.2, 0.25) is 20.0 Å². The van der Waals surface area contributed by atoms with Crippen LogP contribution in [0.3, 0.4) is 0 Å². The summed E-state index contributed by atoms with van der Waals surface area (Å²) in [5.74, 6) is 0.238. The van der Waals surface area contributed by atoms with E-state index in [1.165, 1.54) is 89.4 Å². The molecule has 26 nitrogen and oxygen atoms in total. The molecule has 8 aromatic rings. The number of hydrogen-bond donors (Lipinski definition) is 8. The molecule has 0 unspecified atom stereocenters. The van der Waals surface area contributed by atoms with E-state index in [0.717, 1.165) is 16.1 Å². The van der Waals surface area contributed by atoms with Crippen LogP contribution in [-0.4, -0.2) is 83.4 Å². The number of carbonyl (C=O) groups is 4. The van der Waals surface area contributed by atoms with Gasteiger partial charge in [0.05, 0.1) is 29.4 Å². The van der Waals surface area contributed by atoms with E-state index in [4.69, 9.17) is 22.1 Å². The summed E-state index contributed by atoms with van der Waals surface area (Å²) in [6, 6.07) is 33.1. The summed E-state index contributed by atoms with van der Waals surface area (Å²) in [6.07, 6.45) is 2.32. The predicted molar refractivity (Wildman–Crippen MR) is 353 cm³/mol. The number of halogens is 1. The van der Waals surface area contributed by atoms with Gasteiger partial charge in [-0.3, -0.25) is 25.5 Å². The standard InChI is InChI=1S/C30H32N6O7S2.C23H29N5O3S2.C7H4ClNO4/c1-18(2)32-28(37)33-20-8-6-19(7-9-20)27-31-17-25(44-27)24-15-10-21(16-26(24)45(41,42)35-30(3,4)5)34-29(38)43-23-13-11-22(12-14-23)36(39)40;1-14(2)26-22(29)27-17-9-6-15(7-10-17)21-25-13-19(32-21)18-11-8-16(24)12-20(18)33(30,31)28-23(3,4)5;8-7(10)13-6-3-1-5(2-4-6)9(11)12/h6-18,35H,1-5H3,(H,34,38)(H2,32,33,37);6-14,28H,24H2,1-5H3,(H2,26,27,29);1-4H. The molecule has 6 aromatic carbocycles. The Bertz CT molecular complexity index is 4160. The van der Waals surface area contributed by atoms with Gasteiger partial charge in [-0.2, -0.15) is 0 Å². The van der Waals surface area contributed by atoms with E-state index >= 15 is 0 Å². The normalized spacial score (nSPS) is 11.4. The highest BCUT2D eigenvalue weighted by Gasteiger charge is 2.29. The van der Waals surface area contributed by atoms with Gasteiger partial charge < -0.3 is 36.5 Å². The number of urea groups is 2. The summed E-state index contributed by atoms with van der Waals surface area (Å²) in [5, 5.41) is 36.0. The highest BCUT2D eigenvalue weighted by molar-refractivity contribution is 7.90. The maximum absolute atomic E-state index is 13.6. The van der Waals surface area contributed by atoms with E-state index in [2.05, 4.69) is 50.7 Å². The lowest BCUT2D eigenvalue weighted by molar-refractivity contribution is -0.385. The fourth-order valence-corrected chi connectivity index (χ4v) is 13.3. The van der Waals surface area contributed by atoms with Crippen LogP contribution in [0.1, 0.15) is 69.2 Å². The molecule has 0 atom stereocenters. The van der Waals surface area contributed by atoms with Gasteiger partial charge in [0.15, 0.2) is 0 Å². The SMILES string of the molecule is CC(C)NC(=O)Nc1ccc(-c2ncc(-c3ccc(N)cc3S(=O)(=O)NC(C)(C)C)s2)cc1.CC(C)NC(=O)Nc1ccc(-c2ncc(-c3ccc(NC(=O)Oc4ccc([N+](=O)[O-])cc4)cc3S(=O)(=O)NC(C)(C)C)s2)cc1.O=C(Cl)Oc1ccc([N+](=O)[O-])cc1. The largest absolute Gasteiger partial charge is 0.417 e. The van der Waals surface area contributed by atoms with E-state index in [1.54, 1.807) is 109 Å². The smallest absolute Gasteiger partial charge is 0.414 e. The molecule has 9 N–H and O–H groups in total. The summed E-state index contributed by atoms with van der Waals surface area (Å²) >= 11 is 7.57. The molecule has 8 rings (SSSR count). The van der Waals surface area contributed by atoms with Crippen LogP contribution < -0.4 is 51.2 Å². The van der Waals surface area contributed by atoms with Crippen molar-refractivity contribution in [3.63, 3.8) is 0 Å². The minimum absolute atomic E-state index is 0.00796. The molecule has 480 valence electrons. The number of non-ortho nitro benzene ring substituents is 2. The molecule has 0 radical (unpaired) electrons. The third-order valence-electron chi connectivity index (χ3n) is 11.4. The summed E-state index contributed by atoms with van der Waals surface area (Å²) in [7, 11) is -7.88. The summed E-state index contributed by atoms with van der Waals surface area (Å²) in [5.41, 5.74) is 7.55. The number of anilines is 4. The van der Waals surface area contributed by atoms with Crippen LogP contribution in [0.5, 0.6) is 11.5 Å². The van der Waals surface area contributed by atoms with E-state index < -0.39 is 52.5 Å². The van der Waals surface area contributed by atoms with Crippen molar-refractivity contribution in [1.82, 2.24) is 30.0 Å². The third kappa shape index (κ3) is 21.9. The zero-order chi connectivity index (χ0) is 67.2. The van der Waals surface area contributed by atoms with E-state index in [0.29, 0.717) is 43.0 Å². The molecule has 0 aliphatic carbocycles. The zero-order valence-corrected chi connectivity index (χ0v) is 54.6. The van der Waals surface area contributed by atoms with E-state index in [9.17, 15) is 56.2 Å². The summed E-state index contributed by atoms with van der Waals surface area (Å²) < 4.78 is 68.2. The monoisotopic (exact) mass is 1340 g/mol. The van der Waals surface area contributed by atoms with Gasteiger partial charge in [0, 0.05) is 116 Å². The van der Waals surface area contributed by atoms with Crippen molar-refractivity contribution < 1.29 is 55.3 Å². The first-order valence-electron chi connectivity index (χ1n) is 27.3. The number of hydrogen-bond acceptors (Lipinski definition) is 19. The molecule has 91 heavy (non-hydrogen) atoms. The van der Waals surface area contributed by atoms with Crippen molar-refractivity contribution in [2.75, 3.05) is 21.7 Å². The number of sulfonamides is 2. The number of thiazole rings is 2. The molecule has 0 spiro atoms. The lowest BCUT2D eigenvalue weighted by Gasteiger charge is -2.22. The second kappa shape index (κ2) is 30.4. The van der Waals surface area contributed by atoms with Crippen LogP contribution in [0.2, 0.25) is 0 Å². The van der Waals surface area contributed by atoms with Gasteiger partial charge in [-0.05, 0) is 166 Å². The molecule has 0 bridgehead atoms. The molecule has 0 fully saturated rings. The molecule has 2 heterocycles. The fraction of sp³-hybridized carbons (Fsp3) is 0.233. The molecule has 0 saturated carbocycles. The Balaban J connectivity index is 0.000000249. The minimum Gasteiger partial charge on any atom is -0.414 e. The van der Waals surface area contributed by atoms with Crippen molar-refractivity contribution in [2.24, 2.45) is 0 Å². The number of carbonyl (C=O) groups excluding carboxylic acids is 4. The van der Waals surface area contributed by atoms with E-state index in [-0.39, 0.29) is 62.5 Å². The summed E-state index contributed by atoms with van der Waals surface area (Å²) in [4.78, 5) is 76.9. The first-order valence-corrected chi connectivity index (χ1v) is 32.3. The van der Waals surface area contributed by atoms with Gasteiger partial charge in [-0.15, -0.1) is 22.7 Å². The third-order valence-corrected chi connectivity index (χ3v) is 17.2. The molecular formula is C60H65ClN12O14S4. The highest BCUT2D eigenvalue weighted by Crippen LogP contribution is 2.39. The fourth-order valence-electron chi connectivity index (χ4n) is 7.84. The molecular weight excluding hydrogens is 1280 g/mol. The number of nitrogens with zero attached hydrogens (tertiary/aromatic N) is 4. The number of nitrogens with two attached hydrogens (primary N) is 1. The molecule has 2 aromatic heterocycles. The van der Waals surface area contributed by atoms with Crippen LogP contribution >= 0.6 is 34.3 Å². The van der Waals surface area contributed by atoms with Crippen LogP contribution in [0, 0.1) is 20.2 Å². The van der Waals surface area contributed by atoms with Crippen molar-refractivity contribution in [1.29, 1.82) is 0 Å². The average Bonchev–Trinajstić information content (AvgIpc) is 1.82. The molecule has 0 aliphatic rings. The van der Waals surface area contributed by atoms with Crippen LogP contribution in [0.25, 0.3) is 42.0 Å². The quantitative estimate of drug-likeness (QED) is 0.0182. The Morgan fingerprint density at radius 1 is 0.538 bits per heavy atom. The maximum atomic E-state index is 13.6. The zero-order valence-electron chi connectivity index (χ0n) is 50.6.